The summed E-state index contributed by atoms with van der Waals surface area (Å²) in [5.41, 5.74) is 0.371. The number of benzene rings is 2. The van der Waals surface area contributed by atoms with E-state index in [1.807, 2.05) is 20.8 Å². The molecule has 2 aromatic rings. The normalized spacial score (nSPS) is 18.4. The molecule has 0 amide bonds. The molecule has 198 valence electrons. The number of carbonyl (C=O) groups is 2. The van der Waals surface area contributed by atoms with Gasteiger partial charge in [-0.1, -0.05) is 20.8 Å². The zero-order valence-electron chi connectivity index (χ0n) is 21.5. The summed E-state index contributed by atoms with van der Waals surface area (Å²) in [6, 6.07) is 6.24. The number of fused-ring (bicyclic) bond motifs is 2. The lowest BCUT2D eigenvalue weighted by molar-refractivity contribution is -0.156. The molecule has 2 N–H and O–H groups in total. The maximum absolute atomic E-state index is 15.3. The molecule has 0 saturated heterocycles. The second-order valence-electron chi connectivity index (χ2n) is 9.99. The van der Waals surface area contributed by atoms with Crippen molar-refractivity contribution < 1.29 is 38.0 Å². The Morgan fingerprint density at radius 2 is 1.84 bits per heavy atom. The van der Waals surface area contributed by atoms with Crippen LogP contribution in [0.1, 0.15) is 56.1 Å². The third-order valence-electron chi connectivity index (χ3n) is 6.25. The number of nitrogens with zero attached hydrogens (tertiary/aromatic N) is 1. The fourth-order valence-electron chi connectivity index (χ4n) is 4.50. The average molecular weight is 515 g/mol. The predicted molar refractivity (Wildman–Crippen MR) is 133 cm³/mol. The minimum absolute atomic E-state index is 0.0468. The molecule has 0 spiro atoms. The van der Waals surface area contributed by atoms with Gasteiger partial charge in [-0.15, -0.1) is 0 Å². The van der Waals surface area contributed by atoms with E-state index in [1.54, 1.807) is 32.0 Å². The SMILES string of the molecule is CCOc1cc2c(c(F)c1OCC)C(=N)N(CC(=O)c1ccc3c(c1)OC(C(=O)O)C(C(C)(C)C)O3)C2. The van der Waals surface area contributed by atoms with Gasteiger partial charge in [0.05, 0.1) is 25.3 Å². The zero-order valence-corrected chi connectivity index (χ0v) is 21.5. The minimum atomic E-state index is -1.24. The van der Waals surface area contributed by atoms with Crippen molar-refractivity contribution in [2.24, 2.45) is 5.41 Å². The molecule has 2 heterocycles. The van der Waals surface area contributed by atoms with E-state index >= 15 is 4.39 Å². The van der Waals surface area contributed by atoms with Gasteiger partial charge in [0, 0.05) is 17.5 Å². The molecule has 10 heteroatoms. The second kappa shape index (κ2) is 9.91. The van der Waals surface area contributed by atoms with Crippen LogP contribution in [0.2, 0.25) is 0 Å². The second-order valence-corrected chi connectivity index (χ2v) is 9.99. The molecule has 0 fully saturated rings. The molecule has 2 atom stereocenters. The van der Waals surface area contributed by atoms with Gasteiger partial charge in [0.15, 0.2) is 40.7 Å². The summed E-state index contributed by atoms with van der Waals surface area (Å²) in [4.78, 5) is 26.4. The van der Waals surface area contributed by atoms with Crippen LogP contribution in [-0.4, -0.2) is 59.6 Å². The highest BCUT2D eigenvalue weighted by Crippen LogP contribution is 2.41. The van der Waals surface area contributed by atoms with Gasteiger partial charge in [0.25, 0.3) is 0 Å². The molecule has 37 heavy (non-hydrogen) atoms. The van der Waals surface area contributed by atoms with Crippen molar-refractivity contribution in [3.05, 3.63) is 46.8 Å². The highest BCUT2D eigenvalue weighted by Gasteiger charge is 2.44. The van der Waals surface area contributed by atoms with Gasteiger partial charge < -0.3 is 29.0 Å². The maximum Gasteiger partial charge on any atom is 0.348 e. The third kappa shape index (κ3) is 4.92. The van der Waals surface area contributed by atoms with Crippen LogP contribution in [0.3, 0.4) is 0 Å². The lowest BCUT2D eigenvalue weighted by Gasteiger charge is -2.39. The van der Waals surface area contributed by atoms with Gasteiger partial charge in [0.2, 0.25) is 6.10 Å². The quantitative estimate of drug-likeness (QED) is 0.501. The van der Waals surface area contributed by atoms with Crippen LogP contribution in [0.15, 0.2) is 24.3 Å². The first kappa shape index (κ1) is 26.2. The van der Waals surface area contributed by atoms with Crippen molar-refractivity contribution in [1.82, 2.24) is 4.90 Å². The van der Waals surface area contributed by atoms with E-state index in [4.69, 9.17) is 24.4 Å². The van der Waals surface area contributed by atoms with Crippen LogP contribution in [0, 0.1) is 16.6 Å². The van der Waals surface area contributed by atoms with Gasteiger partial charge in [-0.2, -0.15) is 0 Å². The molecular weight excluding hydrogens is 483 g/mol. The number of carboxylic acids is 1. The summed E-state index contributed by atoms with van der Waals surface area (Å²) in [5.74, 6) is -1.59. The van der Waals surface area contributed by atoms with E-state index in [0.717, 1.165) is 0 Å². The largest absolute Gasteiger partial charge is 0.490 e. The van der Waals surface area contributed by atoms with Crippen molar-refractivity contribution in [3.63, 3.8) is 0 Å². The molecule has 2 aliphatic rings. The molecule has 0 aliphatic carbocycles. The number of aliphatic carboxylic acids is 1. The lowest BCUT2D eigenvalue weighted by atomic mass is 9.85. The van der Waals surface area contributed by atoms with E-state index in [0.29, 0.717) is 17.9 Å². The number of hydrogen-bond donors (Lipinski definition) is 2. The number of nitrogens with one attached hydrogen (secondary N) is 1. The van der Waals surface area contributed by atoms with E-state index in [-0.39, 0.29) is 59.7 Å². The number of ketones is 1. The third-order valence-corrected chi connectivity index (χ3v) is 6.25. The van der Waals surface area contributed by atoms with Gasteiger partial charge in [-0.25, -0.2) is 9.18 Å². The van der Waals surface area contributed by atoms with Gasteiger partial charge in [-0.05, 0) is 43.7 Å². The number of rotatable bonds is 8. The van der Waals surface area contributed by atoms with Gasteiger partial charge >= 0.3 is 5.97 Å². The molecule has 0 aromatic heterocycles. The predicted octanol–water partition coefficient (Wildman–Crippen LogP) is 4.29. The number of halogens is 1. The highest BCUT2D eigenvalue weighted by molar-refractivity contribution is 6.06. The number of carbonyl (C=O) groups excluding carboxylic acids is 1. The number of Topliss-reactive ketones (excluding diaryl/α,β-unsaturated/α-hetero) is 1. The number of hydrogen-bond acceptors (Lipinski definition) is 7. The topological polar surface area (TPSA) is 118 Å². The Bertz CT molecular complexity index is 1250. The first-order valence-electron chi connectivity index (χ1n) is 12.1. The van der Waals surface area contributed by atoms with Gasteiger partial charge in [0.1, 0.15) is 5.84 Å². The van der Waals surface area contributed by atoms with E-state index in [9.17, 15) is 14.7 Å². The Kier molecular flexibility index (Phi) is 7.03. The monoisotopic (exact) mass is 514 g/mol. The summed E-state index contributed by atoms with van der Waals surface area (Å²) in [6.07, 6.45) is -1.96. The number of amidine groups is 1. The van der Waals surface area contributed by atoms with Crippen molar-refractivity contribution in [3.8, 4) is 23.0 Å². The molecule has 0 saturated carbocycles. The Hall–Kier alpha value is -3.82. The van der Waals surface area contributed by atoms with E-state index in [2.05, 4.69) is 0 Å². The Balaban J connectivity index is 1.56. The average Bonchev–Trinajstić information content (AvgIpc) is 3.14. The summed E-state index contributed by atoms with van der Waals surface area (Å²) < 4.78 is 38.0. The Labute approximate surface area is 214 Å². The van der Waals surface area contributed by atoms with Crippen molar-refractivity contribution >= 4 is 17.6 Å². The molecule has 2 aromatic carbocycles. The van der Waals surface area contributed by atoms with E-state index < -0.39 is 29.4 Å². The minimum Gasteiger partial charge on any atom is -0.490 e. The highest BCUT2D eigenvalue weighted by atomic mass is 19.1. The molecule has 0 bridgehead atoms. The fraction of sp³-hybridized carbons (Fsp3) is 0.444. The van der Waals surface area contributed by atoms with Crippen LogP contribution >= 0.6 is 0 Å². The standard InChI is InChI=1S/C27H31FN2O7/c1-6-34-19-11-15-12-30(25(29)20(15)21(28)22(19)35-7-2)13-16(31)14-8-9-17-18(10-14)36-23(26(32)33)24(37-17)27(3,4)5/h8-11,23-24,29H,6-7,12-13H2,1-5H3,(H,32,33). The molecule has 4 rings (SSSR count). The summed E-state index contributed by atoms with van der Waals surface area (Å²) in [7, 11) is 0. The van der Waals surface area contributed by atoms with Crippen LogP contribution in [-0.2, 0) is 11.3 Å². The van der Waals surface area contributed by atoms with Gasteiger partial charge in [-0.3, -0.25) is 10.2 Å². The molecular formula is C27H31FN2O7. The number of carboxylic acid groups (broad SMARTS) is 1. The zero-order chi connectivity index (χ0) is 27.1. The van der Waals surface area contributed by atoms with Crippen molar-refractivity contribution in [2.75, 3.05) is 19.8 Å². The van der Waals surface area contributed by atoms with Crippen LogP contribution in [0.4, 0.5) is 4.39 Å². The van der Waals surface area contributed by atoms with Crippen molar-refractivity contribution in [1.29, 1.82) is 5.41 Å². The van der Waals surface area contributed by atoms with Crippen LogP contribution in [0.25, 0.3) is 0 Å². The molecule has 0 radical (unpaired) electrons. The smallest absolute Gasteiger partial charge is 0.348 e. The Morgan fingerprint density at radius 1 is 1.14 bits per heavy atom. The lowest BCUT2D eigenvalue weighted by Crippen LogP contribution is -2.51. The number of ether oxygens (including phenoxy) is 4. The first-order chi connectivity index (χ1) is 17.5. The summed E-state index contributed by atoms with van der Waals surface area (Å²) in [6.45, 7) is 9.61. The first-order valence-corrected chi connectivity index (χ1v) is 12.1. The fourth-order valence-corrected chi connectivity index (χ4v) is 4.50. The summed E-state index contributed by atoms with van der Waals surface area (Å²) >= 11 is 0. The van der Waals surface area contributed by atoms with Crippen LogP contribution in [0.5, 0.6) is 23.0 Å². The molecule has 2 aliphatic heterocycles. The molecule has 2 unspecified atom stereocenters. The Morgan fingerprint density at radius 3 is 2.46 bits per heavy atom. The summed E-state index contributed by atoms with van der Waals surface area (Å²) in [5, 5.41) is 18.2. The van der Waals surface area contributed by atoms with Crippen molar-refractivity contribution in [2.45, 2.75) is 53.4 Å². The molecule has 9 nitrogen and oxygen atoms in total. The van der Waals surface area contributed by atoms with Crippen LogP contribution < -0.4 is 18.9 Å². The van der Waals surface area contributed by atoms with E-state index in [1.165, 1.54) is 11.0 Å². The maximum atomic E-state index is 15.3.